The highest BCUT2D eigenvalue weighted by atomic mass is 32.2. The Hall–Kier alpha value is -3.99. The molecule has 0 bridgehead atoms. The molecule has 0 saturated carbocycles. The number of amides is 1. The van der Waals surface area contributed by atoms with Gasteiger partial charge in [-0.15, -0.1) is 5.10 Å². The van der Waals surface area contributed by atoms with Crippen molar-refractivity contribution in [1.82, 2.24) is 20.0 Å². The summed E-state index contributed by atoms with van der Waals surface area (Å²) in [5.41, 5.74) is 1.46. The largest absolute Gasteiger partial charge is 0.321 e. The van der Waals surface area contributed by atoms with Gasteiger partial charge in [-0.25, -0.2) is 21.9 Å². The van der Waals surface area contributed by atoms with E-state index in [-0.39, 0.29) is 5.69 Å². The summed E-state index contributed by atoms with van der Waals surface area (Å²) in [6.45, 7) is 0.342. The first-order valence-corrected chi connectivity index (χ1v) is 11.3. The number of halogens is 2. The van der Waals surface area contributed by atoms with Crippen molar-refractivity contribution in [3.63, 3.8) is 0 Å². The van der Waals surface area contributed by atoms with Gasteiger partial charge in [-0.2, -0.15) is 0 Å². The van der Waals surface area contributed by atoms with Crippen molar-refractivity contribution in [2.75, 3.05) is 5.32 Å². The lowest BCUT2D eigenvalue weighted by molar-refractivity contribution is 0.102. The van der Waals surface area contributed by atoms with Gasteiger partial charge in [0.25, 0.3) is 5.91 Å². The molecule has 4 aromatic rings. The summed E-state index contributed by atoms with van der Waals surface area (Å²) in [4.78, 5) is 16.1. The van der Waals surface area contributed by atoms with E-state index >= 15 is 0 Å². The first kappa shape index (κ1) is 22.2. The van der Waals surface area contributed by atoms with Gasteiger partial charge in [0.2, 0.25) is 0 Å². The molecular formula is C22H17F2N5O3S. The van der Waals surface area contributed by atoms with E-state index in [0.29, 0.717) is 23.9 Å². The van der Waals surface area contributed by atoms with Crippen LogP contribution >= 0.6 is 0 Å². The van der Waals surface area contributed by atoms with Gasteiger partial charge >= 0.3 is 0 Å². The first-order chi connectivity index (χ1) is 15.8. The topological polar surface area (TPSA) is 107 Å². The maximum atomic E-state index is 13.9. The molecule has 8 nitrogen and oxygen atoms in total. The highest BCUT2D eigenvalue weighted by molar-refractivity contribution is 7.90. The van der Waals surface area contributed by atoms with Crippen molar-refractivity contribution in [1.29, 1.82) is 0 Å². The minimum absolute atomic E-state index is 0.0670. The number of hydrogen-bond donors (Lipinski definition) is 1. The molecule has 2 heterocycles. The lowest BCUT2D eigenvalue weighted by Gasteiger charge is -2.08. The van der Waals surface area contributed by atoms with E-state index in [0.717, 1.165) is 17.8 Å². The molecule has 33 heavy (non-hydrogen) atoms. The predicted molar refractivity (Wildman–Crippen MR) is 115 cm³/mol. The van der Waals surface area contributed by atoms with Gasteiger partial charge in [-0.3, -0.25) is 9.78 Å². The summed E-state index contributed by atoms with van der Waals surface area (Å²) in [6.07, 6.45) is 3.12. The molecule has 0 unspecified atom stereocenters. The third-order valence-electron chi connectivity index (χ3n) is 4.59. The smallest absolute Gasteiger partial charge is 0.277 e. The van der Waals surface area contributed by atoms with Crippen LogP contribution in [0.2, 0.25) is 0 Å². The number of carbonyl (C=O) groups excluding carboxylic acids is 1. The Morgan fingerprint density at radius 3 is 2.64 bits per heavy atom. The molecule has 0 aliphatic carbocycles. The van der Waals surface area contributed by atoms with Crippen LogP contribution in [0.15, 0.2) is 78.0 Å². The third kappa shape index (κ3) is 5.44. The van der Waals surface area contributed by atoms with Crippen LogP contribution in [0.25, 0.3) is 0 Å². The SMILES string of the molecule is O=C(Nc1cccc(CS(=O)(=O)c2ccc(F)cc2F)c1)c1cn(Cc2ccccn2)nn1. The Morgan fingerprint density at radius 2 is 1.88 bits per heavy atom. The average Bonchev–Trinajstić information content (AvgIpc) is 3.23. The van der Waals surface area contributed by atoms with Crippen molar-refractivity contribution in [2.45, 2.75) is 17.2 Å². The van der Waals surface area contributed by atoms with Gasteiger partial charge in [0.05, 0.1) is 24.2 Å². The molecule has 0 fully saturated rings. The van der Waals surface area contributed by atoms with Crippen LogP contribution in [0.1, 0.15) is 21.7 Å². The monoisotopic (exact) mass is 469 g/mol. The first-order valence-electron chi connectivity index (χ1n) is 9.68. The fourth-order valence-electron chi connectivity index (χ4n) is 3.10. The van der Waals surface area contributed by atoms with Gasteiger partial charge in [-0.1, -0.05) is 23.4 Å². The molecule has 0 saturated heterocycles. The zero-order chi connectivity index (χ0) is 23.4. The van der Waals surface area contributed by atoms with E-state index in [1.807, 2.05) is 12.1 Å². The number of hydrogen-bond acceptors (Lipinski definition) is 6. The molecule has 0 aliphatic heterocycles. The Balaban J connectivity index is 1.45. The Kier molecular flexibility index (Phi) is 6.22. The Labute approximate surface area is 187 Å². The maximum absolute atomic E-state index is 13.9. The van der Waals surface area contributed by atoms with Gasteiger partial charge in [0.1, 0.15) is 16.5 Å². The van der Waals surface area contributed by atoms with Crippen LogP contribution in [-0.2, 0) is 22.1 Å². The highest BCUT2D eigenvalue weighted by Crippen LogP contribution is 2.22. The molecule has 0 aliphatic rings. The molecule has 4 rings (SSSR count). The summed E-state index contributed by atoms with van der Waals surface area (Å²) in [6, 6.07) is 13.8. The zero-order valence-electron chi connectivity index (χ0n) is 17.0. The van der Waals surface area contributed by atoms with Crippen molar-refractivity contribution < 1.29 is 22.0 Å². The highest BCUT2D eigenvalue weighted by Gasteiger charge is 2.21. The Bertz CT molecular complexity index is 1410. The van der Waals surface area contributed by atoms with Crippen molar-refractivity contribution >= 4 is 21.4 Å². The molecular weight excluding hydrogens is 452 g/mol. The van der Waals surface area contributed by atoms with E-state index in [4.69, 9.17) is 0 Å². The Morgan fingerprint density at radius 1 is 1.03 bits per heavy atom. The molecule has 0 radical (unpaired) electrons. The number of benzene rings is 2. The van der Waals surface area contributed by atoms with E-state index in [1.165, 1.54) is 23.0 Å². The standard InChI is InChI=1S/C22H17F2N5O3S/c23-16-7-8-21(19(24)11-16)33(31,32)14-15-4-3-6-17(10-15)26-22(30)20-13-29(28-27-20)12-18-5-1-2-9-25-18/h1-11,13H,12,14H2,(H,26,30). The predicted octanol–water partition coefficient (Wildman–Crippen LogP) is 3.23. The molecule has 11 heteroatoms. The van der Waals surface area contributed by atoms with Gasteiger partial charge in [0.15, 0.2) is 15.5 Å². The van der Waals surface area contributed by atoms with E-state index < -0.39 is 38.0 Å². The van der Waals surface area contributed by atoms with Crippen LogP contribution < -0.4 is 5.32 Å². The summed E-state index contributed by atoms with van der Waals surface area (Å²) in [5, 5.41) is 10.4. The van der Waals surface area contributed by atoms with E-state index in [2.05, 4.69) is 20.6 Å². The number of carbonyl (C=O) groups is 1. The number of pyridine rings is 1. The van der Waals surface area contributed by atoms with Crippen LogP contribution in [0.4, 0.5) is 14.5 Å². The summed E-state index contributed by atoms with van der Waals surface area (Å²) < 4.78 is 53.6. The zero-order valence-corrected chi connectivity index (χ0v) is 17.8. The minimum atomic E-state index is -4.07. The minimum Gasteiger partial charge on any atom is -0.321 e. The van der Waals surface area contributed by atoms with Gasteiger partial charge in [0, 0.05) is 18.0 Å². The molecule has 2 aromatic heterocycles. The van der Waals surface area contributed by atoms with Crippen LogP contribution in [-0.4, -0.2) is 34.3 Å². The molecule has 0 atom stereocenters. The fourth-order valence-corrected chi connectivity index (χ4v) is 4.50. The lowest BCUT2D eigenvalue weighted by atomic mass is 10.2. The lowest BCUT2D eigenvalue weighted by Crippen LogP contribution is -2.13. The summed E-state index contributed by atoms with van der Waals surface area (Å²) in [5.74, 6) is -3.09. The number of sulfone groups is 1. The number of aromatic nitrogens is 4. The quantitative estimate of drug-likeness (QED) is 0.417. The second-order valence-corrected chi connectivity index (χ2v) is 9.07. The van der Waals surface area contributed by atoms with Crippen molar-refractivity contribution in [3.8, 4) is 0 Å². The number of anilines is 1. The average molecular weight is 469 g/mol. The molecule has 168 valence electrons. The number of nitrogens with zero attached hydrogens (tertiary/aromatic N) is 4. The van der Waals surface area contributed by atoms with Crippen LogP contribution in [0.5, 0.6) is 0 Å². The molecule has 2 aromatic carbocycles. The maximum Gasteiger partial charge on any atom is 0.277 e. The van der Waals surface area contributed by atoms with Crippen molar-refractivity contribution in [2.24, 2.45) is 0 Å². The second kappa shape index (κ2) is 9.25. The van der Waals surface area contributed by atoms with Gasteiger partial charge in [-0.05, 0) is 42.0 Å². The van der Waals surface area contributed by atoms with Crippen molar-refractivity contribution in [3.05, 3.63) is 102 Å². The number of rotatable bonds is 7. The van der Waals surface area contributed by atoms with Crippen LogP contribution in [0.3, 0.4) is 0 Å². The third-order valence-corrected chi connectivity index (χ3v) is 6.31. The van der Waals surface area contributed by atoms with E-state index in [1.54, 1.807) is 24.4 Å². The molecule has 0 spiro atoms. The molecule has 1 N–H and O–H groups in total. The summed E-state index contributed by atoms with van der Waals surface area (Å²) in [7, 11) is -4.07. The fraction of sp³-hybridized carbons (Fsp3) is 0.0909. The van der Waals surface area contributed by atoms with E-state index in [9.17, 15) is 22.0 Å². The van der Waals surface area contributed by atoms with Gasteiger partial charge < -0.3 is 5.32 Å². The second-order valence-electron chi connectivity index (χ2n) is 7.11. The van der Waals surface area contributed by atoms with Crippen LogP contribution in [0, 0.1) is 11.6 Å². The number of nitrogens with one attached hydrogen (secondary N) is 1. The normalized spacial score (nSPS) is 11.3. The summed E-state index contributed by atoms with van der Waals surface area (Å²) >= 11 is 0. The molecule has 1 amide bonds.